The van der Waals surface area contributed by atoms with Gasteiger partial charge in [0.15, 0.2) is 0 Å². The summed E-state index contributed by atoms with van der Waals surface area (Å²) in [6.45, 7) is -0.165. The molecule has 0 aromatic carbocycles. The highest BCUT2D eigenvalue weighted by Gasteiger charge is 2.44. The summed E-state index contributed by atoms with van der Waals surface area (Å²) in [5, 5.41) is 1.42. The quantitative estimate of drug-likeness (QED) is 0.516. The molecule has 72 valence electrons. The van der Waals surface area contributed by atoms with Gasteiger partial charge in [0.1, 0.15) is 6.54 Å². The number of hydrogen-bond acceptors (Lipinski definition) is 5. The van der Waals surface area contributed by atoms with Crippen LogP contribution >= 0.6 is 0 Å². The van der Waals surface area contributed by atoms with E-state index in [0.29, 0.717) is 5.01 Å². The smallest absolute Gasteiger partial charge is 0.436 e. The Morgan fingerprint density at radius 1 is 1.23 bits per heavy atom. The summed E-state index contributed by atoms with van der Waals surface area (Å²) in [5.41, 5.74) is 0. The first kappa shape index (κ1) is 9.30. The molecular weight excluding hydrogens is 180 g/mol. The van der Waals surface area contributed by atoms with Crippen molar-refractivity contribution in [1.29, 1.82) is 0 Å². The summed E-state index contributed by atoms with van der Waals surface area (Å²) in [4.78, 5) is 32.6. The fraction of sp³-hybridized carbons (Fsp3) is 0.500. The molecule has 1 aliphatic rings. The van der Waals surface area contributed by atoms with Crippen molar-refractivity contribution in [1.82, 2.24) is 10.0 Å². The van der Waals surface area contributed by atoms with Gasteiger partial charge in [0.2, 0.25) is 0 Å². The second kappa shape index (κ2) is 3.30. The molecule has 0 aromatic rings. The summed E-state index contributed by atoms with van der Waals surface area (Å²) >= 11 is 0. The Morgan fingerprint density at radius 3 is 2.15 bits per heavy atom. The van der Waals surface area contributed by atoms with Crippen LogP contribution in [0.15, 0.2) is 0 Å². The van der Waals surface area contributed by atoms with Gasteiger partial charge in [-0.15, -0.1) is 5.01 Å². The van der Waals surface area contributed by atoms with Crippen molar-refractivity contribution in [2.24, 2.45) is 0 Å². The van der Waals surface area contributed by atoms with Crippen LogP contribution in [0.1, 0.15) is 0 Å². The van der Waals surface area contributed by atoms with Crippen molar-refractivity contribution in [3.05, 3.63) is 0 Å². The van der Waals surface area contributed by atoms with E-state index in [1.54, 1.807) is 0 Å². The molecule has 7 nitrogen and oxygen atoms in total. The van der Waals surface area contributed by atoms with Gasteiger partial charge in [-0.05, 0) is 0 Å². The van der Waals surface area contributed by atoms with Gasteiger partial charge >= 0.3 is 12.2 Å². The lowest BCUT2D eigenvalue weighted by Crippen LogP contribution is -2.65. The number of methoxy groups -OCH3 is 2. The first-order valence-electron chi connectivity index (χ1n) is 3.38. The van der Waals surface area contributed by atoms with Gasteiger partial charge in [0.05, 0.1) is 14.2 Å². The van der Waals surface area contributed by atoms with E-state index in [0.717, 1.165) is 19.2 Å². The summed E-state index contributed by atoms with van der Waals surface area (Å²) in [5.74, 6) is -0.503. The molecule has 1 heterocycles. The van der Waals surface area contributed by atoms with Crippen LogP contribution in [0.25, 0.3) is 0 Å². The first-order valence-corrected chi connectivity index (χ1v) is 3.38. The second-order valence-corrected chi connectivity index (χ2v) is 2.20. The minimum absolute atomic E-state index is 0.165. The van der Waals surface area contributed by atoms with E-state index in [1.165, 1.54) is 0 Å². The van der Waals surface area contributed by atoms with Gasteiger partial charge in [-0.25, -0.2) is 9.59 Å². The van der Waals surface area contributed by atoms with Crippen molar-refractivity contribution in [3.63, 3.8) is 0 Å². The van der Waals surface area contributed by atoms with Crippen molar-refractivity contribution in [3.8, 4) is 0 Å². The molecule has 3 amide bonds. The number of ether oxygens (including phenoxy) is 2. The maximum absolute atomic E-state index is 10.9. The van der Waals surface area contributed by atoms with E-state index >= 15 is 0 Å². The van der Waals surface area contributed by atoms with Crippen molar-refractivity contribution < 1.29 is 23.9 Å². The van der Waals surface area contributed by atoms with Crippen molar-refractivity contribution in [2.45, 2.75) is 0 Å². The molecule has 0 unspecified atom stereocenters. The molecular formula is C6H8N2O5. The highest BCUT2D eigenvalue weighted by molar-refractivity contribution is 6.00. The zero-order chi connectivity index (χ0) is 10.0. The van der Waals surface area contributed by atoms with Crippen LogP contribution in [-0.2, 0) is 14.3 Å². The average molecular weight is 188 g/mol. The van der Waals surface area contributed by atoms with E-state index in [4.69, 9.17) is 0 Å². The molecule has 0 spiro atoms. The van der Waals surface area contributed by atoms with Crippen LogP contribution in [0.2, 0.25) is 0 Å². The number of carbonyl (C=O) groups excluding carboxylic acids is 3. The standard InChI is InChI=1S/C6H8N2O5/c1-12-5(10)7-3-4(9)8(7)6(11)13-2/h3H2,1-2H3. The topological polar surface area (TPSA) is 76.2 Å². The van der Waals surface area contributed by atoms with E-state index in [2.05, 4.69) is 9.47 Å². The fourth-order valence-corrected chi connectivity index (χ4v) is 0.861. The number of imide groups is 1. The van der Waals surface area contributed by atoms with Crippen LogP contribution in [0.4, 0.5) is 9.59 Å². The highest BCUT2D eigenvalue weighted by atomic mass is 16.6. The highest BCUT2D eigenvalue weighted by Crippen LogP contribution is 2.13. The molecule has 0 atom stereocenters. The van der Waals surface area contributed by atoms with Crippen LogP contribution in [-0.4, -0.2) is 48.9 Å². The third-order valence-electron chi connectivity index (χ3n) is 1.50. The molecule has 7 heteroatoms. The number of rotatable bonds is 0. The minimum Gasteiger partial charge on any atom is -0.451 e. The largest absolute Gasteiger partial charge is 0.451 e. The Bertz CT molecular complexity index is 264. The summed E-state index contributed by atoms with van der Waals surface area (Å²) in [6.07, 6.45) is -1.67. The molecule has 1 rings (SSSR count). The number of hydrazine groups is 1. The van der Waals surface area contributed by atoms with Crippen LogP contribution in [0, 0.1) is 0 Å². The molecule has 0 radical (unpaired) electrons. The monoisotopic (exact) mass is 188 g/mol. The lowest BCUT2D eigenvalue weighted by Gasteiger charge is -2.38. The molecule has 0 N–H and O–H groups in total. The van der Waals surface area contributed by atoms with Crippen molar-refractivity contribution >= 4 is 18.1 Å². The minimum atomic E-state index is -0.901. The van der Waals surface area contributed by atoms with Crippen LogP contribution in [0.3, 0.4) is 0 Å². The first-order chi connectivity index (χ1) is 6.11. The third-order valence-corrected chi connectivity index (χ3v) is 1.50. The van der Waals surface area contributed by atoms with Gasteiger partial charge in [0, 0.05) is 0 Å². The molecule has 0 bridgehead atoms. The Hall–Kier alpha value is -1.79. The SMILES string of the molecule is COC(=O)N1CC(=O)N1C(=O)OC. The molecule has 1 aliphatic heterocycles. The molecule has 0 aliphatic carbocycles. The molecule has 1 saturated heterocycles. The second-order valence-electron chi connectivity index (χ2n) is 2.20. The number of amides is 3. The molecule has 1 fully saturated rings. The lowest BCUT2D eigenvalue weighted by molar-refractivity contribution is -0.163. The van der Waals surface area contributed by atoms with E-state index in [1.807, 2.05) is 0 Å². The summed E-state index contributed by atoms with van der Waals surface area (Å²) < 4.78 is 8.58. The number of nitrogens with zero attached hydrogens (tertiary/aromatic N) is 2. The number of carbonyl (C=O) groups is 3. The summed E-state index contributed by atoms with van der Waals surface area (Å²) in [7, 11) is 2.27. The van der Waals surface area contributed by atoms with E-state index < -0.39 is 18.1 Å². The Balaban J connectivity index is 2.66. The van der Waals surface area contributed by atoms with Gasteiger partial charge in [0.25, 0.3) is 5.91 Å². The van der Waals surface area contributed by atoms with Crippen LogP contribution < -0.4 is 0 Å². The molecule has 0 aromatic heterocycles. The van der Waals surface area contributed by atoms with E-state index in [9.17, 15) is 14.4 Å². The van der Waals surface area contributed by atoms with Crippen molar-refractivity contribution in [2.75, 3.05) is 20.8 Å². The lowest BCUT2D eigenvalue weighted by atomic mass is 10.4. The number of hydrogen-bond donors (Lipinski definition) is 0. The van der Waals surface area contributed by atoms with E-state index in [-0.39, 0.29) is 6.54 Å². The van der Waals surface area contributed by atoms with Gasteiger partial charge < -0.3 is 9.47 Å². The van der Waals surface area contributed by atoms with Gasteiger partial charge in [-0.2, -0.15) is 5.01 Å². The zero-order valence-electron chi connectivity index (χ0n) is 7.14. The third kappa shape index (κ3) is 1.40. The zero-order valence-corrected chi connectivity index (χ0v) is 7.14. The Kier molecular flexibility index (Phi) is 2.36. The predicted octanol–water partition coefficient (Wildman–Crippen LogP) is -0.422. The maximum atomic E-state index is 10.9. The maximum Gasteiger partial charge on any atom is 0.436 e. The summed E-state index contributed by atoms with van der Waals surface area (Å²) in [6, 6.07) is 0. The van der Waals surface area contributed by atoms with Gasteiger partial charge in [-0.3, -0.25) is 4.79 Å². The average Bonchev–Trinajstić information content (AvgIpc) is 2.12. The van der Waals surface area contributed by atoms with Gasteiger partial charge in [-0.1, -0.05) is 0 Å². The molecule has 0 saturated carbocycles. The normalized spacial score (nSPS) is 15.1. The Morgan fingerprint density at radius 2 is 1.77 bits per heavy atom. The predicted molar refractivity (Wildman–Crippen MR) is 38.4 cm³/mol. The molecule has 13 heavy (non-hydrogen) atoms. The van der Waals surface area contributed by atoms with Crippen LogP contribution in [0.5, 0.6) is 0 Å². The fourth-order valence-electron chi connectivity index (χ4n) is 0.861. The Labute approximate surface area is 73.8 Å².